The van der Waals surface area contributed by atoms with Gasteiger partial charge in [0.1, 0.15) is 5.69 Å². The van der Waals surface area contributed by atoms with E-state index in [1.54, 1.807) is 0 Å². The minimum Gasteiger partial charge on any atom is -0.457 e. The molecule has 104 valence electrons. The summed E-state index contributed by atoms with van der Waals surface area (Å²) in [7, 11) is 0. The van der Waals surface area contributed by atoms with Gasteiger partial charge in [0, 0.05) is 11.6 Å². The summed E-state index contributed by atoms with van der Waals surface area (Å²) in [6, 6.07) is 11.6. The summed E-state index contributed by atoms with van der Waals surface area (Å²) in [6.07, 6.45) is 4.15. The van der Waals surface area contributed by atoms with E-state index < -0.39 is 0 Å². The monoisotopic (exact) mass is 271 g/mol. The molecule has 0 spiro atoms. The molecule has 0 N–H and O–H groups in total. The Morgan fingerprint density at radius 2 is 2.00 bits per heavy atom. The standard InChI is InChI=1S/C16H17NO3/c18-16(13-8-4-5-9-13)19-11-14-10-15(17-20-14)12-6-2-1-3-7-12/h1-3,6-7,10,13H,4-5,8-9,11H2. The Balaban J connectivity index is 1.59. The number of aromatic nitrogens is 1. The molecule has 3 rings (SSSR count). The summed E-state index contributed by atoms with van der Waals surface area (Å²) in [4.78, 5) is 11.8. The van der Waals surface area contributed by atoms with Gasteiger partial charge in [0.05, 0.1) is 5.92 Å². The zero-order valence-corrected chi connectivity index (χ0v) is 11.2. The molecule has 0 atom stereocenters. The van der Waals surface area contributed by atoms with Crippen LogP contribution in [0, 0.1) is 5.92 Å². The molecule has 0 aliphatic heterocycles. The number of rotatable bonds is 4. The number of ether oxygens (including phenoxy) is 1. The summed E-state index contributed by atoms with van der Waals surface area (Å²) >= 11 is 0. The first-order chi connectivity index (χ1) is 9.83. The average molecular weight is 271 g/mol. The molecule has 0 bridgehead atoms. The second kappa shape index (κ2) is 5.90. The fraction of sp³-hybridized carbons (Fsp3) is 0.375. The lowest BCUT2D eigenvalue weighted by atomic mass is 10.1. The van der Waals surface area contributed by atoms with Gasteiger partial charge >= 0.3 is 5.97 Å². The van der Waals surface area contributed by atoms with Crippen molar-refractivity contribution in [3.8, 4) is 11.3 Å². The van der Waals surface area contributed by atoms with Gasteiger partial charge in [0.25, 0.3) is 0 Å². The minimum atomic E-state index is -0.111. The van der Waals surface area contributed by atoms with Crippen LogP contribution in [0.2, 0.25) is 0 Å². The highest BCUT2D eigenvalue weighted by molar-refractivity contribution is 5.72. The van der Waals surface area contributed by atoms with Gasteiger partial charge in [-0.25, -0.2) is 0 Å². The minimum absolute atomic E-state index is 0.0755. The summed E-state index contributed by atoms with van der Waals surface area (Å²) in [5.41, 5.74) is 1.75. The van der Waals surface area contributed by atoms with Crippen molar-refractivity contribution in [1.82, 2.24) is 5.16 Å². The molecular weight excluding hydrogens is 254 g/mol. The zero-order valence-electron chi connectivity index (χ0n) is 11.2. The summed E-state index contributed by atoms with van der Waals surface area (Å²) in [6.45, 7) is 0.162. The van der Waals surface area contributed by atoms with E-state index in [0.717, 1.165) is 36.9 Å². The van der Waals surface area contributed by atoms with Crippen molar-refractivity contribution < 1.29 is 14.1 Å². The normalized spacial score (nSPS) is 15.4. The maximum Gasteiger partial charge on any atom is 0.309 e. The van der Waals surface area contributed by atoms with Crippen LogP contribution in [0.15, 0.2) is 40.9 Å². The molecule has 4 heteroatoms. The number of carbonyl (C=O) groups excluding carboxylic acids is 1. The third-order valence-electron chi connectivity index (χ3n) is 3.67. The SMILES string of the molecule is O=C(OCc1cc(-c2ccccc2)no1)C1CCCC1. The van der Waals surface area contributed by atoms with Gasteiger partial charge in [-0.15, -0.1) is 0 Å². The van der Waals surface area contributed by atoms with E-state index in [9.17, 15) is 4.79 Å². The van der Waals surface area contributed by atoms with Gasteiger partial charge in [-0.3, -0.25) is 4.79 Å². The number of nitrogens with zero attached hydrogens (tertiary/aromatic N) is 1. The Bertz CT molecular complexity index is 570. The first-order valence-electron chi connectivity index (χ1n) is 7.00. The Hall–Kier alpha value is -2.10. The third-order valence-corrected chi connectivity index (χ3v) is 3.67. The van der Waals surface area contributed by atoms with Crippen LogP contribution in [0.1, 0.15) is 31.4 Å². The van der Waals surface area contributed by atoms with Crippen molar-refractivity contribution in [2.75, 3.05) is 0 Å². The lowest BCUT2D eigenvalue weighted by Gasteiger charge is -2.07. The molecule has 2 aromatic rings. The molecule has 0 unspecified atom stereocenters. The van der Waals surface area contributed by atoms with Crippen LogP contribution in [0.4, 0.5) is 0 Å². The Morgan fingerprint density at radius 3 is 2.75 bits per heavy atom. The lowest BCUT2D eigenvalue weighted by Crippen LogP contribution is -2.14. The Morgan fingerprint density at radius 1 is 1.25 bits per heavy atom. The highest BCUT2D eigenvalue weighted by Gasteiger charge is 2.24. The van der Waals surface area contributed by atoms with Gasteiger partial charge < -0.3 is 9.26 Å². The zero-order chi connectivity index (χ0) is 13.8. The van der Waals surface area contributed by atoms with Crippen LogP contribution in [0.5, 0.6) is 0 Å². The fourth-order valence-corrected chi connectivity index (χ4v) is 2.55. The van der Waals surface area contributed by atoms with Crippen LogP contribution in [0.3, 0.4) is 0 Å². The predicted molar refractivity (Wildman–Crippen MR) is 73.7 cm³/mol. The van der Waals surface area contributed by atoms with Crippen molar-refractivity contribution in [2.45, 2.75) is 32.3 Å². The first-order valence-corrected chi connectivity index (χ1v) is 7.00. The molecule has 1 saturated carbocycles. The van der Waals surface area contributed by atoms with E-state index in [0.29, 0.717) is 5.76 Å². The molecule has 1 aromatic carbocycles. The van der Waals surface area contributed by atoms with E-state index in [1.165, 1.54) is 0 Å². The van der Waals surface area contributed by atoms with Crippen molar-refractivity contribution in [3.05, 3.63) is 42.2 Å². The number of hydrogen-bond acceptors (Lipinski definition) is 4. The maximum atomic E-state index is 11.8. The smallest absolute Gasteiger partial charge is 0.309 e. The number of carbonyl (C=O) groups is 1. The summed E-state index contributed by atoms with van der Waals surface area (Å²) in [5, 5.41) is 4.00. The molecule has 1 fully saturated rings. The van der Waals surface area contributed by atoms with Gasteiger partial charge in [-0.05, 0) is 12.8 Å². The third kappa shape index (κ3) is 2.90. The van der Waals surface area contributed by atoms with E-state index in [2.05, 4.69) is 5.16 Å². The van der Waals surface area contributed by atoms with Crippen LogP contribution in [-0.4, -0.2) is 11.1 Å². The van der Waals surface area contributed by atoms with Crippen LogP contribution < -0.4 is 0 Å². The van der Waals surface area contributed by atoms with Crippen LogP contribution in [-0.2, 0) is 16.1 Å². The molecule has 1 aliphatic rings. The molecule has 0 saturated heterocycles. The first kappa shape index (κ1) is 12.9. The maximum absolute atomic E-state index is 11.8. The average Bonchev–Trinajstić information content (AvgIpc) is 3.17. The highest BCUT2D eigenvalue weighted by atomic mass is 16.5. The van der Waals surface area contributed by atoms with Gasteiger partial charge in [-0.2, -0.15) is 0 Å². The molecule has 4 nitrogen and oxygen atoms in total. The van der Waals surface area contributed by atoms with Gasteiger partial charge in [-0.1, -0.05) is 48.3 Å². The molecule has 0 radical (unpaired) electrons. The van der Waals surface area contributed by atoms with Crippen molar-refractivity contribution in [1.29, 1.82) is 0 Å². The largest absolute Gasteiger partial charge is 0.457 e. The van der Waals surface area contributed by atoms with Crippen LogP contribution in [0.25, 0.3) is 11.3 Å². The number of hydrogen-bond donors (Lipinski definition) is 0. The van der Waals surface area contributed by atoms with Crippen molar-refractivity contribution >= 4 is 5.97 Å². The van der Waals surface area contributed by atoms with Crippen LogP contribution >= 0.6 is 0 Å². The highest BCUT2D eigenvalue weighted by Crippen LogP contribution is 2.26. The second-order valence-corrected chi connectivity index (χ2v) is 5.13. The van der Waals surface area contributed by atoms with Crippen molar-refractivity contribution in [2.24, 2.45) is 5.92 Å². The molecule has 0 amide bonds. The molecular formula is C16H17NO3. The van der Waals surface area contributed by atoms with E-state index in [1.807, 2.05) is 36.4 Å². The van der Waals surface area contributed by atoms with Gasteiger partial charge in [0.2, 0.25) is 0 Å². The Kier molecular flexibility index (Phi) is 3.81. The summed E-state index contributed by atoms with van der Waals surface area (Å²) < 4.78 is 10.5. The number of benzene rings is 1. The van der Waals surface area contributed by atoms with E-state index >= 15 is 0 Å². The molecule has 1 aliphatic carbocycles. The van der Waals surface area contributed by atoms with E-state index in [-0.39, 0.29) is 18.5 Å². The van der Waals surface area contributed by atoms with E-state index in [4.69, 9.17) is 9.26 Å². The summed E-state index contributed by atoms with van der Waals surface area (Å²) in [5.74, 6) is 0.543. The quantitative estimate of drug-likeness (QED) is 0.798. The lowest BCUT2D eigenvalue weighted by molar-refractivity contribution is -0.150. The predicted octanol–water partition coefficient (Wildman–Crippen LogP) is 3.58. The van der Waals surface area contributed by atoms with Gasteiger partial charge in [0.15, 0.2) is 12.4 Å². The molecule has 20 heavy (non-hydrogen) atoms. The Labute approximate surface area is 117 Å². The fourth-order valence-electron chi connectivity index (χ4n) is 2.55. The molecule has 1 aromatic heterocycles. The van der Waals surface area contributed by atoms with Crippen molar-refractivity contribution in [3.63, 3.8) is 0 Å². The number of esters is 1. The second-order valence-electron chi connectivity index (χ2n) is 5.13. The molecule has 1 heterocycles. The topological polar surface area (TPSA) is 52.3 Å².